The molecule has 8 heteroatoms. The number of esters is 1. The lowest BCUT2D eigenvalue weighted by atomic mass is 9.93. The van der Waals surface area contributed by atoms with Gasteiger partial charge >= 0.3 is 5.97 Å². The second kappa shape index (κ2) is 10.1. The molecule has 2 aromatic carbocycles. The average Bonchev–Trinajstić information content (AvgIpc) is 2.83. The number of benzene rings is 2. The van der Waals surface area contributed by atoms with Crippen molar-refractivity contribution >= 4 is 28.8 Å². The maximum absolute atomic E-state index is 13.3. The average molecular weight is 467 g/mol. The highest BCUT2D eigenvalue weighted by Crippen LogP contribution is 2.42. The molecule has 172 valence electrons. The fourth-order valence-corrected chi connectivity index (χ4v) is 4.91. The Kier molecular flexibility index (Phi) is 7.03. The molecule has 2 heterocycles. The molecule has 0 N–H and O–H groups in total. The van der Waals surface area contributed by atoms with Gasteiger partial charge in [0.05, 0.1) is 31.0 Å². The molecule has 1 amide bonds. The summed E-state index contributed by atoms with van der Waals surface area (Å²) in [5.41, 5.74) is 2.49. The Morgan fingerprint density at radius 3 is 2.70 bits per heavy atom. The minimum atomic E-state index is -0.661. The molecule has 2 aliphatic heterocycles. The number of hydrogen-bond donors (Lipinski definition) is 0. The lowest BCUT2D eigenvalue weighted by Gasteiger charge is -2.39. The summed E-state index contributed by atoms with van der Waals surface area (Å²) >= 11 is 1.51. The van der Waals surface area contributed by atoms with E-state index in [4.69, 9.17) is 14.2 Å². The Labute approximate surface area is 197 Å². The van der Waals surface area contributed by atoms with Crippen LogP contribution in [0, 0.1) is 0 Å². The first kappa shape index (κ1) is 22.9. The van der Waals surface area contributed by atoms with Gasteiger partial charge in [-0.2, -0.15) is 0 Å². The third-order valence-corrected chi connectivity index (χ3v) is 6.40. The van der Waals surface area contributed by atoms with Gasteiger partial charge in [0.15, 0.2) is 16.7 Å². The molecule has 2 aromatic rings. The molecule has 0 aliphatic carbocycles. The van der Waals surface area contributed by atoms with Crippen molar-refractivity contribution in [2.24, 2.45) is 4.99 Å². The van der Waals surface area contributed by atoms with Crippen molar-refractivity contribution < 1.29 is 23.8 Å². The SMILES string of the molecule is CCOc1ccc([C@@H]2C(C(=O)OCc3ccccc3)=C(C)N=C3SCCC(=O)N32)cc1OC. The van der Waals surface area contributed by atoms with Crippen LogP contribution in [-0.2, 0) is 20.9 Å². The van der Waals surface area contributed by atoms with Crippen molar-refractivity contribution in [1.29, 1.82) is 0 Å². The monoisotopic (exact) mass is 466 g/mol. The van der Waals surface area contributed by atoms with Gasteiger partial charge in [0, 0.05) is 12.2 Å². The van der Waals surface area contributed by atoms with Crippen LogP contribution in [0.1, 0.15) is 37.4 Å². The van der Waals surface area contributed by atoms with E-state index in [2.05, 4.69) is 4.99 Å². The Bertz CT molecular complexity index is 1110. The predicted molar refractivity (Wildman–Crippen MR) is 127 cm³/mol. The van der Waals surface area contributed by atoms with E-state index in [1.807, 2.05) is 49.4 Å². The molecule has 7 nitrogen and oxygen atoms in total. The first-order valence-electron chi connectivity index (χ1n) is 10.8. The summed E-state index contributed by atoms with van der Waals surface area (Å²) in [6.07, 6.45) is 0.375. The standard InChI is InChI=1S/C25H26N2O5S/c1-4-31-19-11-10-18(14-20(19)30-3)23-22(24(29)32-15-17-8-6-5-7-9-17)16(2)26-25-27(23)21(28)12-13-33-25/h5-11,14,23H,4,12-13,15H2,1-3H3/t23-/m1/s1. The summed E-state index contributed by atoms with van der Waals surface area (Å²) in [6, 6.07) is 14.3. The summed E-state index contributed by atoms with van der Waals surface area (Å²) < 4.78 is 16.8. The normalized spacial score (nSPS) is 17.9. The summed E-state index contributed by atoms with van der Waals surface area (Å²) in [6.45, 7) is 4.30. The van der Waals surface area contributed by atoms with E-state index in [0.717, 1.165) is 11.1 Å². The van der Waals surface area contributed by atoms with E-state index in [0.29, 0.717) is 46.7 Å². The van der Waals surface area contributed by atoms with Crippen LogP contribution in [0.5, 0.6) is 11.5 Å². The molecule has 0 spiro atoms. The van der Waals surface area contributed by atoms with Crippen molar-refractivity contribution in [2.75, 3.05) is 19.5 Å². The van der Waals surface area contributed by atoms with Crippen molar-refractivity contribution in [2.45, 2.75) is 32.9 Å². The van der Waals surface area contributed by atoms with Crippen LogP contribution in [0.15, 0.2) is 64.8 Å². The molecule has 0 bridgehead atoms. The first-order chi connectivity index (χ1) is 16.0. The van der Waals surface area contributed by atoms with E-state index in [1.165, 1.54) is 11.8 Å². The van der Waals surface area contributed by atoms with Crippen LogP contribution >= 0.6 is 11.8 Å². The molecule has 1 fully saturated rings. The molecule has 0 radical (unpaired) electrons. The number of methoxy groups -OCH3 is 1. The highest BCUT2D eigenvalue weighted by molar-refractivity contribution is 8.14. The number of carbonyl (C=O) groups excluding carboxylic acids is 2. The van der Waals surface area contributed by atoms with Gasteiger partial charge in [0.1, 0.15) is 6.61 Å². The third-order valence-electron chi connectivity index (χ3n) is 5.44. The van der Waals surface area contributed by atoms with E-state index < -0.39 is 12.0 Å². The number of thioether (sulfide) groups is 1. The number of aliphatic imine (C=N–C) groups is 1. The molecule has 1 atom stereocenters. The van der Waals surface area contributed by atoms with Gasteiger partial charge in [0.2, 0.25) is 5.91 Å². The van der Waals surface area contributed by atoms with E-state index in [1.54, 1.807) is 25.0 Å². The summed E-state index contributed by atoms with van der Waals surface area (Å²) in [7, 11) is 1.56. The van der Waals surface area contributed by atoms with Crippen molar-refractivity contribution in [1.82, 2.24) is 4.90 Å². The molecular formula is C25H26N2O5S. The number of hydrogen-bond acceptors (Lipinski definition) is 7. The number of allylic oxidation sites excluding steroid dienone is 1. The summed E-state index contributed by atoms with van der Waals surface area (Å²) in [5, 5.41) is 0.598. The highest BCUT2D eigenvalue weighted by atomic mass is 32.2. The minimum absolute atomic E-state index is 0.0776. The zero-order valence-electron chi connectivity index (χ0n) is 18.9. The highest BCUT2D eigenvalue weighted by Gasteiger charge is 2.42. The molecule has 0 unspecified atom stereocenters. The summed E-state index contributed by atoms with van der Waals surface area (Å²) in [5.74, 6) is 1.22. The van der Waals surface area contributed by atoms with Crippen LogP contribution in [0.3, 0.4) is 0 Å². The minimum Gasteiger partial charge on any atom is -0.493 e. The third kappa shape index (κ3) is 4.75. The van der Waals surface area contributed by atoms with Crippen LogP contribution < -0.4 is 9.47 Å². The Balaban J connectivity index is 1.74. The van der Waals surface area contributed by atoms with E-state index in [9.17, 15) is 9.59 Å². The number of amides is 1. The number of nitrogens with zero attached hydrogens (tertiary/aromatic N) is 2. The van der Waals surface area contributed by atoms with E-state index >= 15 is 0 Å². The molecule has 4 rings (SSSR count). The first-order valence-corrected chi connectivity index (χ1v) is 11.8. The molecular weight excluding hydrogens is 440 g/mol. The number of carbonyl (C=O) groups is 2. The van der Waals surface area contributed by atoms with E-state index in [-0.39, 0.29) is 12.5 Å². The zero-order chi connectivity index (χ0) is 23.4. The van der Waals surface area contributed by atoms with Crippen LogP contribution in [-0.4, -0.2) is 41.4 Å². The number of amidine groups is 1. The van der Waals surface area contributed by atoms with Gasteiger partial charge in [-0.05, 0) is 37.1 Å². The lowest BCUT2D eigenvalue weighted by molar-refractivity contribution is -0.141. The molecule has 0 aromatic heterocycles. The van der Waals surface area contributed by atoms with Gasteiger partial charge in [-0.3, -0.25) is 9.69 Å². The number of fused-ring (bicyclic) bond motifs is 1. The Morgan fingerprint density at radius 2 is 1.97 bits per heavy atom. The summed E-state index contributed by atoms with van der Waals surface area (Å²) in [4.78, 5) is 32.5. The Hall–Kier alpha value is -3.26. The smallest absolute Gasteiger partial charge is 0.338 e. The molecule has 2 aliphatic rings. The van der Waals surface area contributed by atoms with Crippen LogP contribution in [0.4, 0.5) is 0 Å². The fraction of sp³-hybridized carbons (Fsp3) is 0.320. The lowest BCUT2D eigenvalue weighted by Crippen LogP contribution is -2.45. The van der Waals surface area contributed by atoms with Crippen LogP contribution in [0.25, 0.3) is 0 Å². The topological polar surface area (TPSA) is 77.4 Å². The van der Waals surface area contributed by atoms with Gasteiger partial charge < -0.3 is 14.2 Å². The molecule has 0 saturated carbocycles. The predicted octanol–water partition coefficient (Wildman–Crippen LogP) is 4.49. The second-order valence-corrected chi connectivity index (χ2v) is 8.63. The molecule has 1 saturated heterocycles. The van der Waals surface area contributed by atoms with Crippen molar-refractivity contribution in [3.63, 3.8) is 0 Å². The van der Waals surface area contributed by atoms with Gasteiger partial charge in [-0.25, -0.2) is 9.79 Å². The zero-order valence-corrected chi connectivity index (χ0v) is 19.7. The van der Waals surface area contributed by atoms with Gasteiger partial charge in [-0.15, -0.1) is 0 Å². The quantitative estimate of drug-likeness (QED) is 0.560. The maximum atomic E-state index is 13.3. The fourth-order valence-electron chi connectivity index (χ4n) is 3.90. The largest absolute Gasteiger partial charge is 0.493 e. The van der Waals surface area contributed by atoms with Gasteiger partial charge in [-0.1, -0.05) is 48.2 Å². The van der Waals surface area contributed by atoms with Crippen LogP contribution in [0.2, 0.25) is 0 Å². The second-order valence-electron chi connectivity index (χ2n) is 7.56. The Morgan fingerprint density at radius 1 is 1.18 bits per heavy atom. The van der Waals surface area contributed by atoms with Gasteiger partial charge in [0.25, 0.3) is 0 Å². The maximum Gasteiger partial charge on any atom is 0.338 e. The van der Waals surface area contributed by atoms with Crippen molar-refractivity contribution in [3.05, 3.63) is 70.9 Å². The molecule has 33 heavy (non-hydrogen) atoms. The number of ether oxygens (including phenoxy) is 3. The number of rotatable bonds is 7. The van der Waals surface area contributed by atoms with Crippen molar-refractivity contribution in [3.8, 4) is 11.5 Å².